The average molecular weight is 493 g/mol. The number of aliphatic hydroxyl groups is 1. The Kier molecular flexibility index (Phi) is 11.4. The molecule has 0 aromatic rings. The van der Waals surface area contributed by atoms with Gasteiger partial charge in [-0.05, 0) is 69.1 Å². The van der Waals surface area contributed by atoms with E-state index in [-0.39, 0.29) is 17.6 Å². The minimum Gasteiger partial charge on any atom is -0.497 e. The Balaban J connectivity index is 1.78. The van der Waals surface area contributed by atoms with Gasteiger partial charge < -0.3 is 19.3 Å². The molecular weight excluding hydrogens is 436 g/mol. The number of allylic oxidation sites excluding steroid dienone is 1. The molecule has 2 rings (SSSR count). The van der Waals surface area contributed by atoms with Gasteiger partial charge in [0.15, 0.2) is 0 Å². The third-order valence-electron chi connectivity index (χ3n) is 8.78. The number of ether oxygens (including phenoxy) is 3. The molecule has 3 unspecified atom stereocenters. The quantitative estimate of drug-likeness (QED) is 0.223. The summed E-state index contributed by atoms with van der Waals surface area (Å²) in [5.41, 5.74) is 1.26. The molecule has 0 radical (unpaired) electrons. The van der Waals surface area contributed by atoms with Crippen LogP contribution in [-0.4, -0.2) is 42.7 Å². The maximum absolute atomic E-state index is 11.4. The van der Waals surface area contributed by atoms with E-state index in [2.05, 4.69) is 40.7 Å². The maximum atomic E-state index is 11.4. The number of epoxide rings is 1. The molecule has 1 aliphatic carbocycles. The van der Waals surface area contributed by atoms with Gasteiger partial charge in [0.05, 0.1) is 24.4 Å². The fraction of sp³-hybridized carbons (Fsp3) is 0.871. The summed E-state index contributed by atoms with van der Waals surface area (Å²) < 4.78 is 17.7. The second-order valence-electron chi connectivity index (χ2n) is 12.6. The minimum atomic E-state index is -0.631. The first kappa shape index (κ1) is 30.4. The van der Waals surface area contributed by atoms with Crippen LogP contribution < -0.4 is 0 Å². The molecule has 1 fully saturated rings. The molecule has 0 aromatic heterocycles. The fourth-order valence-electron chi connectivity index (χ4n) is 6.41. The van der Waals surface area contributed by atoms with Crippen molar-refractivity contribution in [2.75, 3.05) is 14.2 Å². The van der Waals surface area contributed by atoms with Gasteiger partial charge in [0.2, 0.25) is 0 Å². The second kappa shape index (κ2) is 13.1. The fourth-order valence-corrected chi connectivity index (χ4v) is 6.41. The van der Waals surface area contributed by atoms with Crippen molar-refractivity contribution in [2.24, 2.45) is 23.7 Å². The molecule has 7 atom stereocenters. The molecule has 204 valence electrons. The Labute approximate surface area is 216 Å². The van der Waals surface area contributed by atoms with Gasteiger partial charge in [-0.25, -0.2) is 0 Å². The van der Waals surface area contributed by atoms with Gasteiger partial charge in [0, 0.05) is 13.0 Å². The Morgan fingerprint density at radius 1 is 0.914 bits per heavy atom. The van der Waals surface area contributed by atoms with Crippen LogP contribution in [0.5, 0.6) is 0 Å². The zero-order valence-electron chi connectivity index (χ0n) is 24.6. The highest BCUT2D eigenvalue weighted by Gasteiger charge is 2.60. The molecule has 1 saturated heterocycles. The van der Waals surface area contributed by atoms with Crippen molar-refractivity contribution < 1.29 is 19.3 Å². The standard InChI is InChI=1S/C31H56O4/c1-21(2)14-11-15-22(3)16-12-17-23(4)18-13-19-30(7)29(35-30)27(32)26-25(6)28(33-9)24(5)20-31(26,8)34-10/h20-23,26-27,29,32H,11-19H2,1-10H3/t22-,23-,26?,27?,29-,30-,31?/m1/s1. The zero-order chi connectivity index (χ0) is 26.4. The maximum Gasteiger partial charge on any atom is 0.120 e. The molecule has 4 heteroatoms. The molecule has 0 bridgehead atoms. The molecule has 0 saturated carbocycles. The first-order chi connectivity index (χ1) is 16.4. The summed E-state index contributed by atoms with van der Waals surface area (Å²) in [4.78, 5) is 0. The van der Waals surface area contributed by atoms with Crippen molar-refractivity contribution in [3.63, 3.8) is 0 Å². The molecule has 35 heavy (non-hydrogen) atoms. The smallest absolute Gasteiger partial charge is 0.120 e. The summed E-state index contributed by atoms with van der Waals surface area (Å²) in [6.45, 7) is 17.8. The van der Waals surface area contributed by atoms with Crippen LogP contribution in [0.1, 0.15) is 113 Å². The molecule has 0 amide bonds. The van der Waals surface area contributed by atoms with E-state index in [0.717, 1.165) is 47.5 Å². The molecule has 1 aliphatic heterocycles. The van der Waals surface area contributed by atoms with Gasteiger partial charge in [-0.1, -0.05) is 79.1 Å². The first-order valence-corrected chi connectivity index (χ1v) is 14.2. The second-order valence-corrected chi connectivity index (χ2v) is 12.6. The monoisotopic (exact) mass is 492 g/mol. The van der Waals surface area contributed by atoms with Crippen LogP contribution >= 0.6 is 0 Å². The Hall–Kier alpha value is -0.840. The molecule has 0 aromatic carbocycles. The van der Waals surface area contributed by atoms with Crippen LogP contribution in [0.3, 0.4) is 0 Å². The van der Waals surface area contributed by atoms with Crippen LogP contribution in [0.2, 0.25) is 0 Å². The highest BCUT2D eigenvalue weighted by molar-refractivity contribution is 5.40. The van der Waals surface area contributed by atoms with Gasteiger partial charge in [-0.3, -0.25) is 0 Å². The molecule has 2 aliphatic rings. The van der Waals surface area contributed by atoms with Crippen LogP contribution in [0.4, 0.5) is 0 Å². The lowest BCUT2D eigenvalue weighted by molar-refractivity contribution is -0.0513. The summed E-state index contributed by atoms with van der Waals surface area (Å²) in [6.07, 6.45) is 12.8. The third-order valence-corrected chi connectivity index (χ3v) is 8.78. The highest BCUT2D eigenvalue weighted by Crippen LogP contribution is 2.50. The van der Waals surface area contributed by atoms with Crippen molar-refractivity contribution in [1.29, 1.82) is 0 Å². The Morgan fingerprint density at radius 3 is 1.97 bits per heavy atom. The molecule has 0 spiro atoms. The van der Waals surface area contributed by atoms with Gasteiger partial charge >= 0.3 is 0 Å². The van der Waals surface area contributed by atoms with Crippen LogP contribution in [-0.2, 0) is 14.2 Å². The average Bonchev–Trinajstić information content (AvgIpc) is 3.44. The Morgan fingerprint density at radius 2 is 1.46 bits per heavy atom. The van der Waals surface area contributed by atoms with Crippen molar-refractivity contribution in [2.45, 2.75) is 137 Å². The van der Waals surface area contributed by atoms with E-state index >= 15 is 0 Å². The summed E-state index contributed by atoms with van der Waals surface area (Å²) in [6, 6.07) is 0. The van der Waals surface area contributed by atoms with E-state index < -0.39 is 11.7 Å². The van der Waals surface area contributed by atoms with Gasteiger partial charge in [-0.15, -0.1) is 0 Å². The van der Waals surface area contributed by atoms with E-state index in [9.17, 15) is 5.11 Å². The SMILES string of the molecule is COC1=C(C)C(C(O)[C@H]2O[C@]2(C)CCC[C@H](C)CCC[C@H](C)CCCC(C)C)C(C)(OC)C=C1C. The number of hydrogen-bond donors (Lipinski definition) is 1. The Bertz CT molecular complexity index is 725. The molecule has 4 nitrogen and oxygen atoms in total. The highest BCUT2D eigenvalue weighted by atomic mass is 16.6. The van der Waals surface area contributed by atoms with Crippen LogP contribution in [0.15, 0.2) is 23.0 Å². The minimum absolute atomic E-state index is 0.163. The third kappa shape index (κ3) is 8.07. The lowest BCUT2D eigenvalue weighted by Crippen LogP contribution is -2.48. The predicted octanol–water partition coefficient (Wildman–Crippen LogP) is 7.85. The number of methoxy groups -OCH3 is 2. The lowest BCUT2D eigenvalue weighted by Gasteiger charge is -2.41. The van der Waals surface area contributed by atoms with Gasteiger partial charge in [0.1, 0.15) is 11.9 Å². The normalized spacial score (nSPS) is 31.4. The van der Waals surface area contributed by atoms with E-state index in [0.29, 0.717) is 0 Å². The number of hydrogen-bond acceptors (Lipinski definition) is 4. The summed E-state index contributed by atoms with van der Waals surface area (Å²) in [7, 11) is 3.41. The van der Waals surface area contributed by atoms with Gasteiger partial charge in [-0.2, -0.15) is 0 Å². The van der Waals surface area contributed by atoms with E-state index in [1.54, 1.807) is 14.2 Å². The summed E-state index contributed by atoms with van der Waals surface area (Å²) >= 11 is 0. The molecule has 1 N–H and O–H groups in total. The molecular formula is C31H56O4. The van der Waals surface area contributed by atoms with E-state index in [4.69, 9.17) is 14.2 Å². The van der Waals surface area contributed by atoms with Crippen molar-refractivity contribution >= 4 is 0 Å². The van der Waals surface area contributed by atoms with Crippen molar-refractivity contribution in [3.05, 3.63) is 23.0 Å². The molecule has 1 heterocycles. The predicted molar refractivity (Wildman–Crippen MR) is 146 cm³/mol. The van der Waals surface area contributed by atoms with Crippen LogP contribution in [0.25, 0.3) is 0 Å². The van der Waals surface area contributed by atoms with E-state index in [1.165, 1.54) is 44.9 Å². The van der Waals surface area contributed by atoms with Crippen molar-refractivity contribution in [1.82, 2.24) is 0 Å². The van der Waals surface area contributed by atoms with E-state index in [1.807, 2.05) is 20.8 Å². The number of aliphatic hydroxyl groups excluding tert-OH is 1. The topological polar surface area (TPSA) is 51.2 Å². The first-order valence-electron chi connectivity index (χ1n) is 14.2. The summed E-state index contributed by atoms with van der Waals surface area (Å²) in [5, 5.41) is 11.4. The zero-order valence-corrected chi connectivity index (χ0v) is 24.6. The number of rotatable bonds is 16. The largest absolute Gasteiger partial charge is 0.497 e. The summed E-state index contributed by atoms with van der Waals surface area (Å²) in [5.74, 6) is 3.10. The lowest BCUT2D eigenvalue weighted by atomic mass is 9.72. The van der Waals surface area contributed by atoms with Crippen LogP contribution in [0, 0.1) is 23.7 Å². The van der Waals surface area contributed by atoms with Crippen molar-refractivity contribution in [3.8, 4) is 0 Å². The van der Waals surface area contributed by atoms with Gasteiger partial charge in [0.25, 0.3) is 0 Å².